The Morgan fingerprint density at radius 3 is 2.62 bits per heavy atom. The number of halogens is 1. The number of anilines is 1. The van der Waals surface area contributed by atoms with Crippen LogP contribution in [-0.4, -0.2) is 11.5 Å². The number of nitrogens with zero attached hydrogens (tertiary/aromatic N) is 1. The third kappa shape index (κ3) is 2.54. The Balaban J connectivity index is 1.77. The summed E-state index contributed by atoms with van der Waals surface area (Å²) in [6, 6.07) is 14.2. The molecule has 1 aliphatic carbocycles. The molecule has 0 amide bonds. The van der Waals surface area contributed by atoms with E-state index in [1.54, 1.807) is 12.1 Å². The molecular formula is C20H17FN2O. The van der Waals surface area contributed by atoms with Gasteiger partial charge in [0.05, 0.1) is 22.7 Å². The van der Waals surface area contributed by atoms with Gasteiger partial charge in [0.15, 0.2) is 5.78 Å². The van der Waals surface area contributed by atoms with Gasteiger partial charge in [-0.3, -0.25) is 9.79 Å². The van der Waals surface area contributed by atoms with E-state index in [2.05, 4.69) is 5.32 Å². The highest BCUT2D eigenvalue weighted by Gasteiger charge is 2.32. The molecule has 1 fully saturated rings. The van der Waals surface area contributed by atoms with E-state index >= 15 is 0 Å². The number of hydrogen-bond donors (Lipinski definition) is 1. The van der Waals surface area contributed by atoms with Crippen molar-refractivity contribution < 1.29 is 9.18 Å². The van der Waals surface area contributed by atoms with Crippen molar-refractivity contribution >= 4 is 22.9 Å². The van der Waals surface area contributed by atoms with Gasteiger partial charge in [0, 0.05) is 12.1 Å². The Kier molecular flexibility index (Phi) is 3.53. The van der Waals surface area contributed by atoms with Crippen molar-refractivity contribution in [2.45, 2.75) is 25.7 Å². The van der Waals surface area contributed by atoms with E-state index in [0.717, 1.165) is 28.3 Å². The number of para-hydroxylation sites is 2. The molecule has 2 aromatic rings. The van der Waals surface area contributed by atoms with Gasteiger partial charge in [-0.15, -0.1) is 0 Å². The van der Waals surface area contributed by atoms with E-state index in [4.69, 9.17) is 4.99 Å². The second-order valence-electron chi connectivity index (χ2n) is 6.28. The van der Waals surface area contributed by atoms with Crippen LogP contribution in [0.5, 0.6) is 0 Å². The number of allylic oxidation sites excluding steroid dienone is 2. The summed E-state index contributed by atoms with van der Waals surface area (Å²) in [5.74, 6) is -0.131. The lowest BCUT2D eigenvalue weighted by molar-refractivity contribution is -0.115. The average Bonchev–Trinajstić information content (AvgIpc) is 2.71. The highest BCUT2D eigenvalue weighted by Crippen LogP contribution is 2.38. The van der Waals surface area contributed by atoms with Crippen molar-refractivity contribution in [2.24, 2.45) is 4.99 Å². The number of fused-ring (bicyclic) bond motifs is 2. The zero-order valence-corrected chi connectivity index (χ0v) is 13.3. The Labute approximate surface area is 139 Å². The minimum absolute atomic E-state index is 0.0404. The molecule has 24 heavy (non-hydrogen) atoms. The van der Waals surface area contributed by atoms with Crippen molar-refractivity contribution in [3.05, 3.63) is 71.2 Å². The van der Waals surface area contributed by atoms with Crippen LogP contribution in [0.2, 0.25) is 0 Å². The Morgan fingerprint density at radius 2 is 1.83 bits per heavy atom. The molecule has 2 aliphatic rings. The van der Waals surface area contributed by atoms with Crippen LogP contribution >= 0.6 is 0 Å². The number of carbonyl (C=O) groups excluding carboxylic acids is 1. The van der Waals surface area contributed by atoms with E-state index in [1.165, 1.54) is 12.1 Å². The van der Waals surface area contributed by atoms with Crippen molar-refractivity contribution in [1.29, 1.82) is 0 Å². The molecule has 1 atom stereocenters. The summed E-state index contributed by atoms with van der Waals surface area (Å²) >= 11 is 0. The third-order valence-electron chi connectivity index (χ3n) is 4.64. The molecule has 1 heterocycles. The molecule has 0 spiro atoms. The number of aliphatic imine (C=N–C) groups is 1. The summed E-state index contributed by atoms with van der Waals surface area (Å²) in [6.07, 6.45) is 1.11. The van der Waals surface area contributed by atoms with Gasteiger partial charge < -0.3 is 5.32 Å². The van der Waals surface area contributed by atoms with Crippen LogP contribution in [0.15, 0.2) is 64.8 Å². The van der Waals surface area contributed by atoms with Gasteiger partial charge in [-0.05, 0) is 49.1 Å². The Morgan fingerprint density at radius 1 is 1.08 bits per heavy atom. The monoisotopic (exact) mass is 320 g/mol. The van der Waals surface area contributed by atoms with E-state index < -0.39 is 0 Å². The maximum atomic E-state index is 13.2. The summed E-state index contributed by atoms with van der Waals surface area (Å²) in [5.41, 5.74) is 5.10. The van der Waals surface area contributed by atoms with Gasteiger partial charge in [0.2, 0.25) is 0 Å². The normalized spacial score (nSPS) is 19.8. The molecule has 1 unspecified atom stereocenters. The molecule has 1 aliphatic heterocycles. The predicted octanol–water partition coefficient (Wildman–Crippen LogP) is 4.74. The second-order valence-corrected chi connectivity index (χ2v) is 6.28. The topological polar surface area (TPSA) is 41.5 Å². The number of ketones is 1. The largest absolute Gasteiger partial charge is 0.357 e. The smallest absolute Gasteiger partial charge is 0.167 e. The second kappa shape index (κ2) is 5.71. The van der Waals surface area contributed by atoms with Crippen molar-refractivity contribution in [3.63, 3.8) is 0 Å². The standard InChI is InChI=1S/C20H17FN2O/c1-12-20-18(23-17-5-3-2-4-16(17)22-12)10-14(11-19(20)24)13-6-8-15(21)9-7-13/h2-9,14,22H,10-11H2,1H3. The van der Waals surface area contributed by atoms with Crippen molar-refractivity contribution in [1.82, 2.24) is 0 Å². The summed E-state index contributed by atoms with van der Waals surface area (Å²) in [7, 11) is 0. The fourth-order valence-corrected chi connectivity index (χ4v) is 3.48. The first-order valence-electron chi connectivity index (χ1n) is 8.05. The summed E-state index contributed by atoms with van der Waals surface area (Å²) in [4.78, 5) is 17.5. The number of benzene rings is 2. The first kappa shape index (κ1) is 14.8. The first-order chi connectivity index (χ1) is 11.6. The molecule has 120 valence electrons. The summed E-state index contributed by atoms with van der Waals surface area (Å²) in [6.45, 7) is 1.92. The molecule has 0 radical (unpaired) electrons. The number of carbonyl (C=O) groups is 1. The fraction of sp³-hybridized carbons (Fsp3) is 0.200. The van der Waals surface area contributed by atoms with E-state index in [0.29, 0.717) is 18.4 Å². The van der Waals surface area contributed by atoms with E-state index in [9.17, 15) is 9.18 Å². The van der Waals surface area contributed by atoms with Gasteiger partial charge >= 0.3 is 0 Å². The fourth-order valence-electron chi connectivity index (χ4n) is 3.48. The van der Waals surface area contributed by atoms with Gasteiger partial charge in [0.1, 0.15) is 5.82 Å². The van der Waals surface area contributed by atoms with Gasteiger partial charge in [-0.2, -0.15) is 0 Å². The van der Waals surface area contributed by atoms with Crippen molar-refractivity contribution in [3.8, 4) is 0 Å². The summed E-state index contributed by atoms with van der Waals surface area (Å²) in [5, 5.41) is 3.31. The van der Waals surface area contributed by atoms with Crippen LogP contribution in [0.1, 0.15) is 31.2 Å². The van der Waals surface area contributed by atoms with Crippen LogP contribution in [-0.2, 0) is 4.79 Å². The lowest BCUT2D eigenvalue weighted by Crippen LogP contribution is -2.26. The minimum Gasteiger partial charge on any atom is -0.357 e. The lowest BCUT2D eigenvalue weighted by Gasteiger charge is -2.25. The zero-order valence-electron chi connectivity index (χ0n) is 13.3. The first-order valence-corrected chi connectivity index (χ1v) is 8.05. The highest BCUT2D eigenvalue weighted by molar-refractivity contribution is 6.26. The minimum atomic E-state index is -0.262. The Bertz CT molecular complexity index is 881. The number of hydrogen-bond acceptors (Lipinski definition) is 3. The summed E-state index contributed by atoms with van der Waals surface area (Å²) < 4.78 is 13.2. The molecule has 1 saturated carbocycles. The zero-order chi connectivity index (χ0) is 16.7. The lowest BCUT2D eigenvalue weighted by atomic mass is 9.79. The van der Waals surface area contributed by atoms with Gasteiger partial charge in [-0.25, -0.2) is 4.39 Å². The van der Waals surface area contributed by atoms with Gasteiger partial charge in [0.25, 0.3) is 0 Å². The van der Waals surface area contributed by atoms with E-state index in [1.807, 2.05) is 31.2 Å². The molecule has 2 aromatic carbocycles. The Hall–Kier alpha value is -2.75. The highest BCUT2D eigenvalue weighted by atomic mass is 19.1. The van der Waals surface area contributed by atoms with E-state index in [-0.39, 0.29) is 17.5 Å². The molecule has 0 bridgehead atoms. The maximum absolute atomic E-state index is 13.2. The van der Waals surface area contributed by atoms with Crippen LogP contribution in [0.3, 0.4) is 0 Å². The molecule has 4 rings (SSSR count). The van der Waals surface area contributed by atoms with Gasteiger partial charge in [-0.1, -0.05) is 24.3 Å². The predicted molar refractivity (Wildman–Crippen MR) is 93.2 cm³/mol. The SMILES string of the molecule is CC1=C2C(=O)CC(c3ccc(F)cc3)CC2=Nc2ccccc2N1. The van der Waals surface area contributed by atoms with Crippen molar-refractivity contribution in [2.75, 3.05) is 5.32 Å². The van der Waals surface area contributed by atoms with Crippen LogP contribution in [0, 0.1) is 5.82 Å². The maximum Gasteiger partial charge on any atom is 0.167 e. The quantitative estimate of drug-likeness (QED) is 0.824. The average molecular weight is 320 g/mol. The number of Topliss-reactive ketones (excluding diaryl/α,β-unsaturated/α-hetero) is 1. The third-order valence-corrected chi connectivity index (χ3v) is 4.64. The molecule has 1 N–H and O–H groups in total. The van der Waals surface area contributed by atoms with Crippen LogP contribution in [0.4, 0.5) is 15.8 Å². The molecule has 3 nitrogen and oxygen atoms in total. The molecule has 0 aromatic heterocycles. The number of rotatable bonds is 1. The number of nitrogens with one attached hydrogen (secondary N) is 1. The van der Waals surface area contributed by atoms with Crippen LogP contribution in [0.25, 0.3) is 0 Å². The van der Waals surface area contributed by atoms with Crippen LogP contribution < -0.4 is 5.32 Å². The molecule has 4 heteroatoms. The molecular weight excluding hydrogens is 303 g/mol. The molecule has 0 saturated heterocycles.